The minimum Gasteiger partial charge on any atom is -0.465 e. The van der Waals surface area contributed by atoms with Crippen LogP contribution in [0, 0.1) is 0 Å². The Kier molecular flexibility index (Phi) is 67.4. The molecule has 0 rings (SSSR count). The van der Waals surface area contributed by atoms with Gasteiger partial charge in [-0.15, -0.1) is 0 Å². The van der Waals surface area contributed by atoms with Crippen LogP contribution in [0.2, 0.25) is 0 Å². The summed E-state index contributed by atoms with van der Waals surface area (Å²) in [6.07, 6.45) is 86.7. The van der Waals surface area contributed by atoms with Crippen LogP contribution in [0.15, 0.2) is 24.3 Å². The van der Waals surface area contributed by atoms with Crippen molar-refractivity contribution in [1.82, 2.24) is 5.32 Å². The molecule has 0 aromatic heterocycles. The van der Waals surface area contributed by atoms with Crippen LogP contribution in [0.25, 0.3) is 0 Å². The van der Waals surface area contributed by atoms with Crippen molar-refractivity contribution < 1.29 is 24.5 Å². The summed E-state index contributed by atoms with van der Waals surface area (Å²) in [4.78, 5) is 24.6. The number of rotatable bonds is 68. The SMILES string of the molecule is CCCCCCCCCCCCCCCCCCCCCCCCC(O)C(CO)NC(=O)CCCCCCCCCCCCCCCC/C=C\C/C=C\CCOC(=O)CCCCCCCCCCCCCCCCCCCCC. The van der Waals surface area contributed by atoms with Crippen LogP contribution in [0.4, 0.5) is 0 Å². The number of esters is 1. The Hall–Kier alpha value is -1.66. The van der Waals surface area contributed by atoms with Crippen LogP contribution in [0.1, 0.15) is 406 Å². The van der Waals surface area contributed by atoms with Gasteiger partial charge in [0.05, 0.1) is 25.4 Å². The van der Waals surface area contributed by atoms with Crippen LogP contribution in [0.3, 0.4) is 0 Å². The van der Waals surface area contributed by atoms with Gasteiger partial charge in [0.15, 0.2) is 0 Å². The highest BCUT2D eigenvalue weighted by Crippen LogP contribution is 2.19. The largest absolute Gasteiger partial charge is 0.465 e. The summed E-state index contributed by atoms with van der Waals surface area (Å²) < 4.78 is 5.45. The predicted molar refractivity (Wildman–Crippen MR) is 347 cm³/mol. The van der Waals surface area contributed by atoms with E-state index in [1.807, 2.05) is 0 Å². The second kappa shape index (κ2) is 68.8. The van der Waals surface area contributed by atoms with Gasteiger partial charge in [-0.2, -0.15) is 0 Å². The van der Waals surface area contributed by atoms with Gasteiger partial charge in [-0.25, -0.2) is 0 Å². The highest BCUT2D eigenvalue weighted by molar-refractivity contribution is 5.76. The minimum atomic E-state index is -0.669. The Morgan fingerprint density at radius 3 is 0.962 bits per heavy atom. The van der Waals surface area contributed by atoms with Gasteiger partial charge in [0.2, 0.25) is 5.91 Å². The first-order chi connectivity index (χ1) is 39.0. The second-order valence-corrected chi connectivity index (χ2v) is 24.9. The monoisotopic (exact) mass is 1110 g/mol. The molecule has 6 heteroatoms. The molecule has 0 aliphatic carbocycles. The first-order valence-electron chi connectivity index (χ1n) is 36.1. The van der Waals surface area contributed by atoms with Crippen LogP contribution >= 0.6 is 0 Å². The number of amides is 1. The lowest BCUT2D eigenvalue weighted by Gasteiger charge is -2.22. The van der Waals surface area contributed by atoms with E-state index >= 15 is 0 Å². The highest BCUT2D eigenvalue weighted by atomic mass is 16.5. The van der Waals surface area contributed by atoms with E-state index < -0.39 is 12.1 Å². The third-order valence-corrected chi connectivity index (χ3v) is 17.0. The fraction of sp³-hybridized carbons (Fsp3) is 0.918. The average molecular weight is 1110 g/mol. The summed E-state index contributed by atoms with van der Waals surface area (Å²) in [5.74, 6) is -0.0643. The topological polar surface area (TPSA) is 95.9 Å². The van der Waals surface area contributed by atoms with E-state index in [1.165, 1.54) is 321 Å². The van der Waals surface area contributed by atoms with E-state index in [2.05, 4.69) is 43.5 Å². The number of hydrogen-bond acceptors (Lipinski definition) is 5. The van der Waals surface area contributed by atoms with Crippen molar-refractivity contribution in [1.29, 1.82) is 0 Å². The summed E-state index contributed by atoms with van der Waals surface area (Å²) in [6, 6.07) is -0.547. The van der Waals surface area contributed by atoms with Gasteiger partial charge >= 0.3 is 5.97 Å². The van der Waals surface area contributed by atoms with Gasteiger partial charge in [0.1, 0.15) is 0 Å². The summed E-state index contributed by atoms with van der Waals surface area (Å²) in [5.41, 5.74) is 0. The van der Waals surface area contributed by atoms with E-state index in [4.69, 9.17) is 4.74 Å². The van der Waals surface area contributed by atoms with Crippen molar-refractivity contribution in [3.63, 3.8) is 0 Å². The molecule has 0 aromatic carbocycles. The first-order valence-corrected chi connectivity index (χ1v) is 36.1. The molecule has 6 nitrogen and oxygen atoms in total. The molecular formula is C73H141NO5. The zero-order valence-corrected chi connectivity index (χ0v) is 53.6. The van der Waals surface area contributed by atoms with Crippen molar-refractivity contribution in [3.05, 3.63) is 24.3 Å². The van der Waals surface area contributed by atoms with Crippen LogP contribution in [-0.4, -0.2) is 47.4 Å². The van der Waals surface area contributed by atoms with Gasteiger partial charge in [-0.1, -0.05) is 372 Å². The lowest BCUT2D eigenvalue weighted by Crippen LogP contribution is -2.45. The number of carbonyl (C=O) groups is 2. The molecule has 0 radical (unpaired) electrons. The molecule has 0 aromatic rings. The number of unbranched alkanes of at least 4 members (excludes halogenated alkanes) is 53. The lowest BCUT2D eigenvalue weighted by molar-refractivity contribution is -0.143. The summed E-state index contributed by atoms with van der Waals surface area (Å²) >= 11 is 0. The zero-order chi connectivity index (χ0) is 57.1. The van der Waals surface area contributed by atoms with Gasteiger partial charge in [0.25, 0.3) is 0 Å². The quantitative estimate of drug-likeness (QED) is 0.0320. The molecule has 0 aliphatic heterocycles. The van der Waals surface area contributed by atoms with Gasteiger partial charge in [-0.05, 0) is 44.9 Å². The Morgan fingerprint density at radius 1 is 0.354 bits per heavy atom. The average Bonchev–Trinajstić information content (AvgIpc) is 3.45. The van der Waals surface area contributed by atoms with E-state index in [9.17, 15) is 19.8 Å². The minimum absolute atomic E-state index is 0.0293. The molecule has 79 heavy (non-hydrogen) atoms. The van der Waals surface area contributed by atoms with Crippen molar-refractivity contribution in [2.45, 2.75) is 418 Å². The Balaban J connectivity index is 3.42. The van der Waals surface area contributed by atoms with Crippen molar-refractivity contribution in [2.24, 2.45) is 0 Å². The fourth-order valence-corrected chi connectivity index (χ4v) is 11.5. The lowest BCUT2D eigenvalue weighted by atomic mass is 10.0. The van der Waals surface area contributed by atoms with E-state index in [0.717, 1.165) is 51.4 Å². The number of allylic oxidation sites excluding steroid dienone is 3. The number of hydrogen-bond donors (Lipinski definition) is 3. The molecule has 2 atom stereocenters. The van der Waals surface area contributed by atoms with Crippen molar-refractivity contribution in [2.75, 3.05) is 13.2 Å². The molecule has 0 bridgehead atoms. The van der Waals surface area contributed by atoms with Crippen LogP contribution in [0.5, 0.6) is 0 Å². The third-order valence-electron chi connectivity index (χ3n) is 17.0. The maximum atomic E-state index is 12.6. The van der Waals surface area contributed by atoms with Crippen molar-refractivity contribution >= 4 is 11.9 Å². The summed E-state index contributed by atoms with van der Waals surface area (Å²) in [6.45, 7) is 4.89. The molecule has 1 amide bonds. The second-order valence-electron chi connectivity index (χ2n) is 24.9. The molecule has 0 saturated carbocycles. The molecule has 0 saturated heterocycles. The van der Waals surface area contributed by atoms with Crippen LogP contribution < -0.4 is 5.32 Å². The molecule has 0 heterocycles. The number of ether oxygens (including phenoxy) is 1. The number of aliphatic hydroxyl groups excluding tert-OH is 2. The molecule has 468 valence electrons. The molecule has 0 spiro atoms. The van der Waals surface area contributed by atoms with Gasteiger partial charge in [-0.3, -0.25) is 9.59 Å². The Bertz CT molecular complexity index is 1230. The van der Waals surface area contributed by atoms with E-state index in [-0.39, 0.29) is 18.5 Å². The number of carbonyl (C=O) groups excluding carboxylic acids is 2. The highest BCUT2D eigenvalue weighted by Gasteiger charge is 2.20. The van der Waals surface area contributed by atoms with E-state index in [1.54, 1.807) is 0 Å². The number of nitrogens with one attached hydrogen (secondary N) is 1. The zero-order valence-electron chi connectivity index (χ0n) is 53.6. The third kappa shape index (κ3) is 65.4. The number of aliphatic hydroxyl groups is 2. The Morgan fingerprint density at radius 2 is 0.633 bits per heavy atom. The Labute approximate surface area is 494 Å². The van der Waals surface area contributed by atoms with Gasteiger partial charge in [0, 0.05) is 12.8 Å². The van der Waals surface area contributed by atoms with E-state index in [0.29, 0.717) is 25.9 Å². The maximum Gasteiger partial charge on any atom is 0.305 e. The summed E-state index contributed by atoms with van der Waals surface area (Å²) in [7, 11) is 0. The van der Waals surface area contributed by atoms with Gasteiger partial charge < -0.3 is 20.3 Å². The molecule has 0 aliphatic rings. The maximum absolute atomic E-state index is 12.6. The summed E-state index contributed by atoms with van der Waals surface area (Å²) in [5, 5.41) is 23.4. The van der Waals surface area contributed by atoms with Crippen molar-refractivity contribution in [3.8, 4) is 0 Å². The smallest absolute Gasteiger partial charge is 0.305 e. The standard InChI is InChI=1S/C73H141NO5/c1-3-5-7-9-11-13-15-17-19-21-23-24-26-30-33-37-41-45-49-53-57-61-65-71(76)70(69-75)74-72(77)66-62-58-54-50-46-42-38-34-31-27-25-28-32-36-40-44-48-52-56-60-64-68-79-73(78)67-63-59-55-51-47-43-39-35-29-22-20-18-16-14-12-10-8-6-4-2/h44,48,56,60,70-71,75-76H,3-43,45-47,49-55,57-59,61-69H2,1-2H3,(H,74,77)/b48-44-,60-56-. The molecule has 3 N–H and O–H groups in total. The fourth-order valence-electron chi connectivity index (χ4n) is 11.5. The predicted octanol–water partition coefficient (Wildman–Crippen LogP) is 23.3. The molecular weight excluding hydrogens is 971 g/mol. The first kappa shape index (κ1) is 77.3. The van der Waals surface area contributed by atoms with Crippen LogP contribution in [-0.2, 0) is 14.3 Å². The normalized spacial score (nSPS) is 12.6. The molecule has 0 fully saturated rings. The molecule has 2 unspecified atom stereocenters.